The lowest BCUT2D eigenvalue weighted by molar-refractivity contribution is -0.140. The number of halogens is 6. The smallest absolute Gasteiger partial charge is 0.406 e. The van der Waals surface area contributed by atoms with Crippen molar-refractivity contribution in [1.82, 2.24) is 14.8 Å². The zero-order chi connectivity index (χ0) is 33.2. The molecule has 1 aromatic heterocycles. The van der Waals surface area contributed by atoms with Crippen LogP contribution >= 0.6 is 23.2 Å². The Morgan fingerprint density at radius 1 is 1.18 bits per heavy atom. The molecule has 1 aliphatic rings. The maximum atomic E-state index is 15.9. The van der Waals surface area contributed by atoms with Crippen molar-refractivity contribution in [2.75, 3.05) is 31.6 Å². The van der Waals surface area contributed by atoms with Crippen molar-refractivity contribution >= 4 is 51.6 Å². The Morgan fingerprint density at radius 2 is 1.84 bits per heavy atom. The molecule has 1 N–H and O–H groups in total. The van der Waals surface area contributed by atoms with Crippen LogP contribution in [0.25, 0.3) is 21.3 Å². The Balaban J connectivity index is 1.80. The van der Waals surface area contributed by atoms with E-state index in [0.717, 1.165) is 19.4 Å². The zero-order valence-electron chi connectivity index (χ0n) is 24.2. The van der Waals surface area contributed by atoms with Crippen LogP contribution in [0.15, 0.2) is 40.4 Å². The van der Waals surface area contributed by atoms with Crippen molar-refractivity contribution in [3.05, 3.63) is 78.1 Å². The number of hydrogen-bond donors (Lipinski definition) is 1. The SMILES string of the molecule is COc1c(N2C[C@@H](C)N(C(=O)CN=[N+]=[N-])[C@@H](C)C2)c(F)cc2c(=O)c(C(=O)NCc3ccc(Cl)cc3Cl)cn(CC(F)(F)F)c12. The summed E-state index contributed by atoms with van der Waals surface area (Å²) in [5, 5.41) is 5.83. The fourth-order valence-electron chi connectivity index (χ4n) is 5.56. The highest BCUT2D eigenvalue weighted by Crippen LogP contribution is 2.40. The molecule has 240 valence electrons. The fraction of sp³-hybridized carbons (Fsp3) is 0.393. The third-order valence-electron chi connectivity index (χ3n) is 7.29. The van der Waals surface area contributed by atoms with Crippen LogP contribution in [0.2, 0.25) is 10.0 Å². The number of anilines is 1. The molecule has 0 bridgehead atoms. The number of pyridine rings is 1. The topological polar surface area (TPSA) is 133 Å². The van der Waals surface area contributed by atoms with E-state index in [9.17, 15) is 27.6 Å². The zero-order valence-corrected chi connectivity index (χ0v) is 25.7. The number of nitrogens with zero attached hydrogens (tertiary/aromatic N) is 6. The second kappa shape index (κ2) is 13.4. The summed E-state index contributed by atoms with van der Waals surface area (Å²) in [6.07, 6.45) is -4.04. The number of amides is 2. The van der Waals surface area contributed by atoms with E-state index in [4.69, 9.17) is 33.5 Å². The molecule has 0 aliphatic carbocycles. The molecule has 2 heterocycles. The Morgan fingerprint density at radius 3 is 2.42 bits per heavy atom. The van der Waals surface area contributed by atoms with Crippen LogP contribution in [0.5, 0.6) is 5.75 Å². The number of alkyl halides is 3. The molecule has 1 fully saturated rings. The Labute approximate surface area is 263 Å². The van der Waals surface area contributed by atoms with E-state index in [-0.39, 0.29) is 41.6 Å². The number of fused-ring (bicyclic) bond motifs is 1. The number of azide groups is 1. The van der Waals surface area contributed by atoms with Crippen LogP contribution in [-0.4, -0.2) is 66.3 Å². The number of carbonyl (C=O) groups excluding carboxylic acids is 2. The second-order valence-electron chi connectivity index (χ2n) is 10.5. The van der Waals surface area contributed by atoms with Crippen molar-refractivity contribution < 1.29 is 31.9 Å². The van der Waals surface area contributed by atoms with Crippen LogP contribution < -0.4 is 20.4 Å². The molecule has 1 aliphatic heterocycles. The minimum atomic E-state index is -4.80. The van der Waals surface area contributed by atoms with Crippen molar-refractivity contribution in [2.45, 2.75) is 45.2 Å². The average Bonchev–Trinajstić information content (AvgIpc) is 2.95. The normalized spacial score (nSPS) is 16.8. The molecule has 4 rings (SSSR count). The third-order valence-corrected chi connectivity index (χ3v) is 7.88. The van der Waals surface area contributed by atoms with Crippen molar-refractivity contribution in [3.63, 3.8) is 0 Å². The maximum Gasteiger partial charge on any atom is 0.406 e. The van der Waals surface area contributed by atoms with E-state index in [2.05, 4.69) is 15.3 Å². The Bertz CT molecular complexity index is 1750. The van der Waals surface area contributed by atoms with Gasteiger partial charge in [-0.25, -0.2) is 4.39 Å². The number of methoxy groups -OCH3 is 1. The van der Waals surface area contributed by atoms with E-state index >= 15 is 4.39 Å². The van der Waals surface area contributed by atoms with Gasteiger partial charge in [0.2, 0.25) is 11.3 Å². The van der Waals surface area contributed by atoms with Crippen LogP contribution in [-0.2, 0) is 17.9 Å². The Hall–Kier alpha value is -4.20. The van der Waals surface area contributed by atoms with E-state index in [1.165, 1.54) is 28.0 Å². The van der Waals surface area contributed by atoms with Gasteiger partial charge in [-0.05, 0) is 43.1 Å². The molecule has 17 heteroatoms. The second-order valence-corrected chi connectivity index (χ2v) is 11.3. The van der Waals surface area contributed by atoms with Gasteiger partial charge >= 0.3 is 6.18 Å². The molecular weight excluding hydrogens is 645 g/mol. The first-order valence-corrected chi connectivity index (χ1v) is 14.2. The van der Waals surface area contributed by atoms with Gasteiger partial charge in [0.25, 0.3) is 5.91 Å². The molecule has 2 amide bonds. The lowest BCUT2D eigenvalue weighted by Crippen LogP contribution is -2.59. The van der Waals surface area contributed by atoms with Gasteiger partial charge in [-0.3, -0.25) is 14.4 Å². The molecule has 3 aromatic rings. The maximum absolute atomic E-state index is 15.9. The summed E-state index contributed by atoms with van der Waals surface area (Å²) in [4.78, 5) is 44.8. The molecule has 0 spiro atoms. The van der Waals surface area contributed by atoms with Gasteiger partial charge in [-0.2, -0.15) is 13.2 Å². The summed E-state index contributed by atoms with van der Waals surface area (Å²) in [6, 6.07) is 4.24. The van der Waals surface area contributed by atoms with Gasteiger partial charge in [-0.15, -0.1) is 0 Å². The molecule has 0 saturated carbocycles. The third kappa shape index (κ3) is 7.21. The molecule has 45 heavy (non-hydrogen) atoms. The van der Waals surface area contributed by atoms with Gasteiger partial charge in [0.15, 0.2) is 11.6 Å². The highest BCUT2D eigenvalue weighted by atomic mass is 35.5. The molecule has 2 atom stereocenters. The van der Waals surface area contributed by atoms with Gasteiger partial charge in [0.05, 0.1) is 18.0 Å². The molecule has 0 radical (unpaired) electrons. The average molecular weight is 672 g/mol. The van der Waals surface area contributed by atoms with E-state index in [1.807, 2.05) is 0 Å². The quantitative estimate of drug-likeness (QED) is 0.142. The number of rotatable bonds is 8. The van der Waals surface area contributed by atoms with Crippen LogP contribution in [0.1, 0.15) is 29.8 Å². The number of hydrogen-bond acceptors (Lipinski definition) is 6. The molecule has 0 unspecified atom stereocenters. The summed E-state index contributed by atoms with van der Waals surface area (Å²) >= 11 is 12.0. The van der Waals surface area contributed by atoms with Crippen molar-refractivity contribution in [2.24, 2.45) is 5.11 Å². The number of ether oxygens (including phenoxy) is 1. The molecule has 11 nitrogen and oxygen atoms in total. The van der Waals surface area contributed by atoms with E-state index in [1.54, 1.807) is 13.8 Å². The first kappa shape index (κ1) is 33.7. The minimum Gasteiger partial charge on any atom is -0.492 e. The standard InChI is InChI=1S/C28H27Cl2F4N7O4/c1-14-10-39(11-15(2)41(14)22(42)9-37-38-35)24-21(31)7-18-23(26(24)45-3)40(13-28(32,33)34)12-19(25(18)43)27(44)36-8-16-4-5-17(29)6-20(16)30/h4-7,12,14-15H,8-11,13H2,1-3H3,(H,36,44)/t14-,15+. The summed E-state index contributed by atoms with van der Waals surface area (Å²) < 4.78 is 63.4. The van der Waals surface area contributed by atoms with Crippen molar-refractivity contribution in [1.29, 1.82) is 0 Å². The predicted molar refractivity (Wildman–Crippen MR) is 160 cm³/mol. The lowest BCUT2D eigenvalue weighted by atomic mass is 10.0. The van der Waals surface area contributed by atoms with Crippen LogP contribution in [0, 0.1) is 5.82 Å². The summed E-state index contributed by atoms with van der Waals surface area (Å²) in [5.74, 6) is -2.77. The van der Waals surface area contributed by atoms with Crippen LogP contribution in [0.4, 0.5) is 23.2 Å². The first-order valence-electron chi connectivity index (χ1n) is 13.5. The van der Waals surface area contributed by atoms with Gasteiger partial charge < -0.3 is 24.4 Å². The number of benzene rings is 2. The lowest BCUT2D eigenvalue weighted by Gasteiger charge is -2.45. The monoisotopic (exact) mass is 671 g/mol. The number of aromatic nitrogens is 1. The Kier molecular flexibility index (Phi) is 10.1. The largest absolute Gasteiger partial charge is 0.492 e. The first-order chi connectivity index (χ1) is 21.2. The van der Waals surface area contributed by atoms with Gasteiger partial charge in [0, 0.05) is 52.9 Å². The fourth-order valence-corrected chi connectivity index (χ4v) is 6.04. The molecular formula is C28H27Cl2F4N7O4. The highest BCUT2D eigenvalue weighted by molar-refractivity contribution is 6.35. The number of piperazine rings is 1. The van der Waals surface area contributed by atoms with Gasteiger partial charge in [0.1, 0.15) is 24.3 Å². The number of carbonyl (C=O) groups is 2. The predicted octanol–water partition coefficient (Wildman–Crippen LogP) is 5.68. The van der Waals surface area contributed by atoms with E-state index < -0.39 is 65.4 Å². The molecule has 1 saturated heterocycles. The minimum absolute atomic E-state index is 0.0440. The van der Waals surface area contributed by atoms with E-state index in [0.29, 0.717) is 15.2 Å². The van der Waals surface area contributed by atoms with Gasteiger partial charge in [-0.1, -0.05) is 34.4 Å². The summed E-state index contributed by atoms with van der Waals surface area (Å²) in [7, 11) is 1.13. The van der Waals surface area contributed by atoms with Crippen molar-refractivity contribution in [3.8, 4) is 5.75 Å². The highest BCUT2D eigenvalue weighted by Gasteiger charge is 2.37. The summed E-state index contributed by atoms with van der Waals surface area (Å²) in [6.45, 7) is 1.25. The van der Waals surface area contributed by atoms with Crippen LogP contribution in [0.3, 0.4) is 0 Å². The molecule has 2 aromatic carbocycles. The number of nitrogens with one attached hydrogen (secondary N) is 1. The summed E-state index contributed by atoms with van der Waals surface area (Å²) in [5.41, 5.74) is 6.76.